The van der Waals surface area contributed by atoms with Crippen LogP contribution in [-0.4, -0.2) is 58.9 Å². The van der Waals surface area contributed by atoms with Crippen LogP contribution in [0, 0.1) is 6.92 Å². The van der Waals surface area contributed by atoms with E-state index >= 15 is 0 Å². The highest BCUT2D eigenvalue weighted by atomic mass is 16.5. The van der Waals surface area contributed by atoms with Crippen molar-refractivity contribution in [3.05, 3.63) is 53.5 Å². The van der Waals surface area contributed by atoms with Gasteiger partial charge in [-0.25, -0.2) is 4.98 Å². The molecule has 0 aliphatic carbocycles. The Bertz CT molecular complexity index is 1250. The average molecular weight is 506 g/mol. The molecule has 0 fully saturated rings. The van der Waals surface area contributed by atoms with Gasteiger partial charge >= 0.3 is 0 Å². The number of hydrogen-bond donors (Lipinski definition) is 1. The van der Waals surface area contributed by atoms with E-state index in [0.29, 0.717) is 18.0 Å². The van der Waals surface area contributed by atoms with Gasteiger partial charge < -0.3 is 19.7 Å². The smallest absolute Gasteiger partial charge is 0.229 e. The Morgan fingerprint density at radius 1 is 1.22 bits per heavy atom. The molecule has 0 spiro atoms. The molecule has 0 bridgehead atoms. The molecule has 198 valence electrons. The first-order chi connectivity index (χ1) is 17.6. The monoisotopic (exact) mass is 505 g/mol. The van der Waals surface area contributed by atoms with Crippen molar-refractivity contribution < 1.29 is 14.3 Å². The quantitative estimate of drug-likeness (QED) is 0.442. The first-order valence-corrected chi connectivity index (χ1v) is 12.9. The third-order valence-electron chi connectivity index (χ3n) is 7.52. The summed E-state index contributed by atoms with van der Waals surface area (Å²) < 4.78 is 12.6. The number of aromatic nitrogens is 3. The van der Waals surface area contributed by atoms with Crippen LogP contribution in [-0.2, 0) is 18.3 Å². The molecular weight excluding hydrogens is 466 g/mol. The second kappa shape index (κ2) is 10.8. The third kappa shape index (κ3) is 5.89. The molecule has 37 heavy (non-hydrogen) atoms. The Hall–Kier alpha value is -3.55. The predicted molar refractivity (Wildman–Crippen MR) is 146 cm³/mol. The lowest BCUT2D eigenvalue weighted by Gasteiger charge is -2.37. The van der Waals surface area contributed by atoms with Gasteiger partial charge in [-0.05, 0) is 75.8 Å². The van der Waals surface area contributed by atoms with Crippen LogP contribution in [0.2, 0.25) is 0 Å². The first kappa shape index (κ1) is 26.5. The fourth-order valence-electron chi connectivity index (χ4n) is 5.11. The summed E-state index contributed by atoms with van der Waals surface area (Å²) in [7, 11) is 7.05. The highest BCUT2D eigenvalue weighted by Gasteiger charge is 2.31. The number of hydrogen-bond acceptors (Lipinski definition) is 6. The van der Waals surface area contributed by atoms with E-state index in [0.717, 1.165) is 53.9 Å². The summed E-state index contributed by atoms with van der Waals surface area (Å²) in [6.07, 6.45) is 7.77. The van der Waals surface area contributed by atoms with Gasteiger partial charge in [-0.3, -0.25) is 9.48 Å². The average Bonchev–Trinajstić information content (AvgIpc) is 3.32. The van der Waals surface area contributed by atoms with Gasteiger partial charge in [0.15, 0.2) is 0 Å². The molecule has 1 aliphatic heterocycles. The van der Waals surface area contributed by atoms with Crippen molar-refractivity contribution in [1.29, 1.82) is 0 Å². The van der Waals surface area contributed by atoms with Gasteiger partial charge in [-0.15, -0.1) is 0 Å². The lowest BCUT2D eigenvalue weighted by Crippen LogP contribution is -2.40. The molecule has 8 heteroatoms. The summed E-state index contributed by atoms with van der Waals surface area (Å²) in [5, 5.41) is 8.02. The molecule has 1 amide bonds. The zero-order valence-corrected chi connectivity index (χ0v) is 23.1. The molecule has 0 radical (unpaired) electrons. The Kier molecular flexibility index (Phi) is 7.76. The molecule has 4 rings (SSSR count). The number of amides is 1. The van der Waals surface area contributed by atoms with E-state index in [1.165, 1.54) is 5.56 Å². The first-order valence-electron chi connectivity index (χ1n) is 12.9. The number of pyridine rings is 1. The number of rotatable bonds is 9. The molecule has 1 aromatic carbocycles. The van der Waals surface area contributed by atoms with Crippen LogP contribution < -0.4 is 14.8 Å². The summed E-state index contributed by atoms with van der Waals surface area (Å²) >= 11 is 0. The summed E-state index contributed by atoms with van der Waals surface area (Å²) in [5.41, 5.74) is 5.31. The van der Waals surface area contributed by atoms with E-state index in [-0.39, 0.29) is 17.4 Å². The minimum absolute atomic E-state index is 0.0576. The molecule has 1 N–H and O–H groups in total. The second-order valence-electron chi connectivity index (χ2n) is 10.4. The maximum Gasteiger partial charge on any atom is 0.229 e. The van der Waals surface area contributed by atoms with Crippen LogP contribution in [0.15, 0.2) is 36.7 Å². The Labute approximate surface area is 220 Å². The maximum absolute atomic E-state index is 13.2. The van der Waals surface area contributed by atoms with Crippen LogP contribution in [0.25, 0.3) is 11.1 Å². The third-order valence-corrected chi connectivity index (χ3v) is 7.52. The molecule has 2 atom stereocenters. The zero-order valence-electron chi connectivity index (χ0n) is 23.1. The van der Waals surface area contributed by atoms with Crippen LogP contribution in [0.4, 0.5) is 5.82 Å². The lowest BCUT2D eigenvalue weighted by molar-refractivity contribution is -0.131. The maximum atomic E-state index is 13.2. The summed E-state index contributed by atoms with van der Waals surface area (Å²) in [5.74, 6) is 2.14. The number of fused-ring (bicyclic) bond motifs is 1. The van der Waals surface area contributed by atoms with Crippen LogP contribution >= 0.6 is 0 Å². The van der Waals surface area contributed by atoms with Crippen molar-refractivity contribution in [2.45, 2.75) is 57.9 Å². The van der Waals surface area contributed by atoms with E-state index in [1.54, 1.807) is 14.2 Å². The number of carbonyl (C=O) groups excluding carboxylic acids is 1. The highest BCUT2D eigenvalue weighted by molar-refractivity contribution is 5.83. The van der Waals surface area contributed by atoms with Crippen molar-refractivity contribution in [2.24, 2.45) is 7.05 Å². The Morgan fingerprint density at radius 3 is 2.54 bits per heavy atom. The van der Waals surface area contributed by atoms with Gasteiger partial charge in [0, 0.05) is 55.3 Å². The fraction of sp³-hybridized carbons (Fsp3) is 0.483. The molecule has 2 aromatic heterocycles. The number of methoxy groups -OCH3 is 2. The topological polar surface area (TPSA) is 81.5 Å². The van der Waals surface area contributed by atoms with Crippen molar-refractivity contribution in [2.75, 3.05) is 33.1 Å². The number of nitrogens with one attached hydrogen (secondary N) is 1. The van der Waals surface area contributed by atoms with Crippen molar-refractivity contribution in [1.82, 2.24) is 19.7 Å². The van der Waals surface area contributed by atoms with Gasteiger partial charge in [0.1, 0.15) is 17.3 Å². The van der Waals surface area contributed by atoms with Gasteiger partial charge in [0.25, 0.3) is 0 Å². The molecule has 3 heterocycles. The normalized spacial score (nSPS) is 17.5. The van der Waals surface area contributed by atoms with Crippen LogP contribution in [0.3, 0.4) is 0 Å². The number of benzene rings is 1. The molecular formula is C29H39N5O3. The molecule has 3 aromatic rings. The molecule has 1 aliphatic rings. The summed E-state index contributed by atoms with van der Waals surface area (Å²) in [6.45, 7) is 6.94. The lowest BCUT2D eigenvalue weighted by atomic mass is 9.84. The van der Waals surface area contributed by atoms with Gasteiger partial charge in [0.2, 0.25) is 5.91 Å². The van der Waals surface area contributed by atoms with Crippen molar-refractivity contribution in [3.63, 3.8) is 0 Å². The van der Waals surface area contributed by atoms with E-state index < -0.39 is 0 Å². The van der Waals surface area contributed by atoms with E-state index in [1.807, 2.05) is 61.2 Å². The Morgan fingerprint density at radius 2 is 1.92 bits per heavy atom. The molecule has 8 nitrogen and oxygen atoms in total. The fourth-order valence-corrected chi connectivity index (χ4v) is 5.11. The van der Waals surface area contributed by atoms with Crippen molar-refractivity contribution >= 4 is 11.7 Å². The number of ether oxygens (including phenoxy) is 2. The number of likely N-dealkylation sites (N-methyl/N-ethyl adjacent to an activating group) is 1. The summed E-state index contributed by atoms with van der Waals surface area (Å²) in [4.78, 5) is 19.9. The molecule has 0 unspecified atom stereocenters. The minimum Gasteiger partial charge on any atom is -0.497 e. The Balaban J connectivity index is 1.36. The van der Waals surface area contributed by atoms with E-state index in [4.69, 9.17) is 14.5 Å². The number of carbonyl (C=O) groups is 1. The standard InChI is InChI=1S/C29H39N5O3/c1-19(22-13-24(36-6)16-25(14-22)37-7)28(35)33(4)12-8-10-29(3)11-9-21-15-26(20(2)31-27(21)32-29)23-17-30-34(5)18-23/h13-19H,8-12H2,1-7H3,(H,31,32)/t19-,29+/m1/s1. The van der Waals surface area contributed by atoms with Gasteiger partial charge in [-0.2, -0.15) is 5.10 Å². The second-order valence-corrected chi connectivity index (χ2v) is 10.4. The van der Waals surface area contributed by atoms with Crippen LogP contribution in [0.5, 0.6) is 11.5 Å². The zero-order chi connectivity index (χ0) is 26.7. The SMILES string of the molecule is COc1cc(OC)cc([C@@H](C)C(=O)N(C)CCC[C@@]2(C)CCc3cc(-c4cnn(C)c4)c(C)nc3N2)c1. The number of aryl methyl sites for hydroxylation is 3. The van der Waals surface area contributed by atoms with E-state index in [2.05, 4.69) is 30.3 Å². The van der Waals surface area contributed by atoms with Gasteiger partial charge in [0.05, 0.1) is 26.3 Å². The highest BCUT2D eigenvalue weighted by Crippen LogP contribution is 2.36. The largest absolute Gasteiger partial charge is 0.497 e. The van der Waals surface area contributed by atoms with Gasteiger partial charge in [-0.1, -0.05) is 0 Å². The minimum atomic E-state index is -0.287. The predicted octanol–water partition coefficient (Wildman–Crippen LogP) is 4.97. The number of anilines is 1. The molecule has 0 saturated heterocycles. The summed E-state index contributed by atoms with van der Waals surface area (Å²) in [6, 6.07) is 7.87. The number of nitrogens with zero attached hydrogens (tertiary/aromatic N) is 4. The van der Waals surface area contributed by atoms with Crippen LogP contribution in [0.1, 0.15) is 55.8 Å². The van der Waals surface area contributed by atoms with Crippen molar-refractivity contribution in [3.8, 4) is 22.6 Å². The molecule has 0 saturated carbocycles. The van der Waals surface area contributed by atoms with E-state index in [9.17, 15) is 4.79 Å².